The number of carbonyl (C=O) groups excluding carboxylic acids is 3. The Bertz CT molecular complexity index is 3100. The molecule has 73 heavy (non-hydrogen) atoms. The van der Waals surface area contributed by atoms with E-state index in [-0.39, 0.29) is 35.4 Å². The zero-order valence-corrected chi connectivity index (χ0v) is 41.7. The second kappa shape index (κ2) is 23.9. The van der Waals surface area contributed by atoms with Gasteiger partial charge in [0, 0.05) is 83.1 Å². The molecular formula is C61H63F2N5O5. The summed E-state index contributed by atoms with van der Waals surface area (Å²) in [5.74, 6) is 0.755. The SMILES string of the molecule is COc1ccc(C(=O)N2CCC(=CC(=O)NC3CCN(Cc4ccc5cc(F)ccc5c4)C3)CC2)cc1OC.O=C(Cc1ccccc1-c1ccccc1)N1CCCN(Cc2ccc3cc(F)ccc3c2)CC1. The average molecular weight is 984 g/mol. The first-order chi connectivity index (χ1) is 35.6. The Balaban J connectivity index is 0.000000181. The lowest BCUT2D eigenvalue weighted by molar-refractivity contribution is -0.130. The lowest BCUT2D eigenvalue weighted by atomic mass is 9.97. The van der Waals surface area contributed by atoms with Crippen molar-refractivity contribution < 1.29 is 32.6 Å². The van der Waals surface area contributed by atoms with Crippen molar-refractivity contribution in [2.45, 2.75) is 51.2 Å². The molecule has 0 bridgehead atoms. The molecule has 10 rings (SSSR count). The molecular weight excluding hydrogens is 921 g/mol. The number of ether oxygens (including phenoxy) is 2. The first kappa shape index (κ1) is 50.5. The summed E-state index contributed by atoms with van der Waals surface area (Å²) in [4.78, 5) is 47.5. The van der Waals surface area contributed by atoms with Crippen LogP contribution >= 0.6 is 0 Å². The first-order valence-corrected chi connectivity index (χ1v) is 25.3. The molecule has 0 saturated carbocycles. The van der Waals surface area contributed by atoms with Crippen LogP contribution in [0.5, 0.6) is 11.5 Å². The normalized spacial score (nSPS) is 16.4. The number of likely N-dealkylation sites (tertiary alicyclic amines) is 2. The van der Waals surface area contributed by atoms with Crippen LogP contribution < -0.4 is 14.8 Å². The molecule has 1 atom stereocenters. The van der Waals surface area contributed by atoms with E-state index in [1.807, 2.05) is 70.5 Å². The monoisotopic (exact) mass is 983 g/mol. The van der Waals surface area contributed by atoms with Gasteiger partial charge in [-0.25, -0.2) is 8.78 Å². The third-order valence-electron chi connectivity index (χ3n) is 14.2. The van der Waals surface area contributed by atoms with E-state index < -0.39 is 0 Å². The molecule has 1 N–H and O–H groups in total. The van der Waals surface area contributed by atoms with Gasteiger partial charge in [0.1, 0.15) is 11.6 Å². The van der Waals surface area contributed by atoms with E-state index in [4.69, 9.17) is 9.47 Å². The molecule has 0 radical (unpaired) electrons. The maximum absolute atomic E-state index is 13.5. The van der Waals surface area contributed by atoms with Crippen molar-refractivity contribution in [3.63, 3.8) is 0 Å². The molecule has 3 saturated heterocycles. The van der Waals surface area contributed by atoms with Crippen molar-refractivity contribution in [3.8, 4) is 22.6 Å². The summed E-state index contributed by atoms with van der Waals surface area (Å²) in [7, 11) is 3.11. The molecule has 7 aromatic rings. The maximum atomic E-state index is 13.5. The molecule has 7 aromatic carbocycles. The highest BCUT2D eigenvalue weighted by molar-refractivity contribution is 5.95. The number of nitrogens with zero attached hydrogens (tertiary/aromatic N) is 4. The fourth-order valence-corrected chi connectivity index (χ4v) is 10.3. The van der Waals surface area contributed by atoms with Gasteiger partial charge >= 0.3 is 0 Å². The Hall–Kier alpha value is -7.41. The summed E-state index contributed by atoms with van der Waals surface area (Å²) < 4.78 is 37.5. The largest absolute Gasteiger partial charge is 0.493 e. The summed E-state index contributed by atoms with van der Waals surface area (Å²) in [6, 6.07) is 45.9. The minimum atomic E-state index is -0.225. The fraction of sp³-hybridized carbons (Fsp3) is 0.295. The fourth-order valence-electron chi connectivity index (χ4n) is 10.3. The standard InChI is InChI=1S/C31H34FN3O4.C30H29FN2O/c1-38-28-8-6-25(18-29(28)39-2)31(37)35-13-9-21(10-14-35)16-30(36)33-27-11-12-34(20-27)19-22-3-4-24-17-26(32)7-5-23(24)15-22;31-28-14-13-25-19-23(11-12-26(25)20-28)22-32-15-6-16-33(18-17-32)30(34)21-27-9-4-5-10-29(27)24-7-2-1-3-8-24/h3-8,15-18,27H,9-14,19-20H2,1-2H3,(H,33,36);1-5,7-14,19-20H,6,15-18,21-22H2. The van der Waals surface area contributed by atoms with Crippen LogP contribution in [0.2, 0.25) is 0 Å². The van der Waals surface area contributed by atoms with E-state index in [1.165, 1.54) is 23.3 Å². The van der Waals surface area contributed by atoms with Crippen LogP contribution in [0.15, 0.2) is 157 Å². The predicted octanol–water partition coefficient (Wildman–Crippen LogP) is 10.5. The highest BCUT2D eigenvalue weighted by atomic mass is 19.1. The van der Waals surface area contributed by atoms with Crippen LogP contribution in [-0.4, -0.2) is 110 Å². The van der Waals surface area contributed by atoms with Gasteiger partial charge < -0.3 is 24.6 Å². The predicted molar refractivity (Wildman–Crippen MR) is 284 cm³/mol. The quantitative estimate of drug-likeness (QED) is 0.122. The maximum Gasteiger partial charge on any atom is 0.254 e. The third kappa shape index (κ3) is 13.2. The summed E-state index contributed by atoms with van der Waals surface area (Å²) in [6.07, 6.45) is 5.35. The number of amides is 3. The molecule has 3 amide bonds. The smallest absolute Gasteiger partial charge is 0.254 e. The van der Waals surface area contributed by atoms with Crippen molar-refractivity contribution in [3.05, 3.63) is 191 Å². The Morgan fingerprint density at radius 1 is 0.603 bits per heavy atom. The molecule has 0 aromatic heterocycles. The summed E-state index contributed by atoms with van der Waals surface area (Å²) >= 11 is 0. The van der Waals surface area contributed by atoms with Gasteiger partial charge in [0.2, 0.25) is 11.8 Å². The van der Waals surface area contributed by atoms with Crippen LogP contribution in [0.1, 0.15) is 52.7 Å². The number of halogens is 2. The zero-order valence-electron chi connectivity index (χ0n) is 41.7. The van der Waals surface area contributed by atoms with Gasteiger partial charge in [0.25, 0.3) is 5.91 Å². The van der Waals surface area contributed by atoms with Crippen LogP contribution in [0, 0.1) is 11.6 Å². The molecule has 376 valence electrons. The molecule has 3 fully saturated rings. The summed E-state index contributed by atoms with van der Waals surface area (Å²) in [5.41, 5.74) is 7.36. The first-order valence-electron chi connectivity index (χ1n) is 25.3. The lowest BCUT2D eigenvalue weighted by Crippen LogP contribution is -2.38. The molecule has 3 heterocycles. The highest BCUT2D eigenvalue weighted by Crippen LogP contribution is 2.30. The number of benzene rings is 7. The Morgan fingerprint density at radius 3 is 1.92 bits per heavy atom. The van der Waals surface area contributed by atoms with E-state index in [1.54, 1.807) is 50.6 Å². The molecule has 10 nitrogen and oxygen atoms in total. The summed E-state index contributed by atoms with van der Waals surface area (Å²) in [6.45, 7) is 7.84. The van der Waals surface area contributed by atoms with E-state index in [2.05, 4.69) is 57.6 Å². The molecule has 3 aliphatic heterocycles. The Morgan fingerprint density at radius 2 is 1.23 bits per heavy atom. The minimum Gasteiger partial charge on any atom is -0.493 e. The molecule has 0 spiro atoms. The van der Waals surface area contributed by atoms with Gasteiger partial charge in [-0.15, -0.1) is 0 Å². The van der Waals surface area contributed by atoms with Crippen LogP contribution in [-0.2, 0) is 29.1 Å². The Labute approximate surface area is 426 Å². The zero-order chi connectivity index (χ0) is 50.7. The number of hydrogen-bond acceptors (Lipinski definition) is 7. The molecule has 12 heteroatoms. The van der Waals surface area contributed by atoms with Gasteiger partial charge in [-0.3, -0.25) is 24.2 Å². The summed E-state index contributed by atoms with van der Waals surface area (Å²) in [5, 5.41) is 7.06. The second-order valence-electron chi connectivity index (χ2n) is 19.3. The lowest BCUT2D eigenvalue weighted by Gasteiger charge is -2.28. The van der Waals surface area contributed by atoms with Crippen molar-refractivity contribution >= 4 is 39.3 Å². The number of nitrogens with one attached hydrogen (secondary N) is 1. The molecule has 1 unspecified atom stereocenters. The molecule has 0 aliphatic carbocycles. The number of carbonyl (C=O) groups is 3. The van der Waals surface area contributed by atoms with Crippen molar-refractivity contribution in [2.75, 3.05) is 66.6 Å². The van der Waals surface area contributed by atoms with Gasteiger partial charge in [-0.1, -0.05) is 96.6 Å². The van der Waals surface area contributed by atoms with Gasteiger partial charge in [0.15, 0.2) is 11.5 Å². The van der Waals surface area contributed by atoms with Gasteiger partial charge in [-0.05, 0) is 130 Å². The van der Waals surface area contributed by atoms with Crippen LogP contribution in [0.3, 0.4) is 0 Å². The van der Waals surface area contributed by atoms with E-state index in [0.717, 1.165) is 109 Å². The molecule has 3 aliphatic rings. The van der Waals surface area contributed by atoms with Crippen LogP contribution in [0.4, 0.5) is 8.78 Å². The number of methoxy groups -OCH3 is 2. The average Bonchev–Trinajstić information content (AvgIpc) is 3.71. The highest BCUT2D eigenvalue weighted by Gasteiger charge is 2.26. The topological polar surface area (TPSA) is 94.7 Å². The Kier molecular flexibility index (Phi) is 16.5. The van der Waals surface area contributed by atoms with Gasteiger partial charge in [0.05, 0.1) is 20.6 Å². The number of fused-ring (bicyclic) bond motifs is 2. The minimum absolute atomic E-state index is 0.0518. The number of rotatable bonds is 12. The van der Waals surface area contributed by atoms with E-state index >= 15 is 0 Å². The van der Waals surface area contributed by atoms with Crippen LogP contribution in [0.25, 0.3) is 32.7 Å². The van der Waals surface area contributed by atoms with Gasteiger partial charge in [-0.2, -0.15) is 0 Å². The van der Waals surface area contributed by atoms with Crippen molar-refractivity contribution in [1.82, 2.24) is 24.9 Å². The second-order valence-corrected chi connectivity index (χ2v) is 19.3. The number of piperidine rings is 1. The third-order valence-corrected chi connectivity index (χ3v) is 14.2. The van der Waals surface area contributed by atoms with Crippen molar-refractivity contribution in [1.29, 1.82) is 0 Å². The van der Waals surface area contributed by atoms with E-state index in [0.29, 0.717) is 49.4 Å². The number of hydrogen-bond donors (Lipinski definition) is 1. The van der Waals surface area contributed by atoms with Crippen molar-refractivity contribution in [2.24, 2.45) is 0 Å². The van der Waals surface area contributed by atoms with E-state index in [9.17, 15) is 23.2 Å².